The van der Waals surface area contributed by atoms with Crippen molar-refractivity contribution in [1.29, 1.82) is 0 Å². The summed E-state index contributed by atoms with van der Waals surface area (Å²) in [5.74, 6) is 1.01. The van der Waals surface area contributed by atoms with E-state index in [2.05, 4.69) is 23.2 Å². The second-order valence-corrected chi connectivity index (χ2v) is 13.8. The molecule has 1 saturated heterocycles. The molecule has 3 aliphatic heterocycles. The second kappa shape index (κ2) is 19.9. The van der Waals surface area contributed by atoms with E-state index in [9.17, 15) is 14.4 Å². The molecule has 0 aliphatic carbocycles. The van der Waals surface area contributed by atoms with Gasteiger partial charge in [-0.15, -0.1) is 0 Å². The fourth-order valence-corrected chi connectivity index (χ4v) is 7.45. The highest BCUT2D eigenvalue weighted by atomic mass is 16.7. The van der Waals surface area contributed by atoms with Crippen LogP contribution in [-0.2, 0) is 25.5 Å². The molecule has 1 aromatic carbocycles. The number of rotatable bonds is 22. The molecule has 1 aromatic rings. The number of ketones is 1. The number of fused-ring (bicyclic) bond motifs is 4. The number of Topliss-reactive ketones (excluding diaryl/α,β-unsaturated/α-hetero) is 1. The number of ether oxygens (including phenoxy) is 3. The van der Waals surface area contributed by atoms with Crippen LogP contribution in [0.25, 0.3) is 0 Å². The molecular weight excluding hydrogens is 580 g/mol. The van der Waals surface area contributed by atoms with Crippen molar-refractivity contribution in [1.82, 2.24) is 10.2 Å². The first-order valence-corrected chi connectivity index (χ1v) is 18.6. The molecule has 3 atom stereocenters. The Bertz CT molecular complexity index is 1110. The Morgan fingerprint density at radius 1 is 0.891 bits per heavy atom. The third-order valence-corrected chi connectivity index (χ3v) is 10.3. The molecule has 0 bridgehead atoms. The van der Waals surface area contributed by atoms with E-state index in [1.54, 1.807) is 0 Å². The monoisotopic (exact) mass is 640 g/mol. The fraction of sp³-hybridized carbons (Fsp3) is 0.763. The number of nitrogens with zero attached hydrogens (tertiary/aromatic N) is 1. The number of hydrogen-bond donors (Lipinski definition) is 1. The van der Waals surface area contributed by atoms with Gasteiger partial charge in [0.25, 0.3) is 0 Å². The Morgan fingerprint density at radius 3 is 2.09 bits per heavy atom. The number of piperidine rings is 1. The van der Waals surface area contributed by atoms with E-state index >= 15 is 0 Å². The first kappa shape index (κ1) is 36.2. The zero-order chi connectivity index (χ0) is 32.6. The number of methoxy groups -OCH3 is 1. The molecule has 1 N–H and O–H groups in total. The quantitative estimate of drug-likeness (QED) is 0.101. The van der Waals surface area contributed by atoms with Crippen LogP contribution >= 0.6 is 0 Å². The summed E-state index contributed by atoms with van der Waals surface area (Å²) < 4.78 is 16.1. The van der Waals surface area contributed by atoms with E-state index in [0.29, 0.717) is 25.8 Å². The molecule has 258 valence electrons. The summed E-state index contributed by atoms with van der Waals surface area (Å²) in [4.78, 5) is 40.8. The Morgan fingerprint density at radius 2 is 1.48 bits per heavy atom. The van der Waals surface area contributed by atoms with Crippen LogP contribution in [0.4, 0.5) is 0 Å². The summed E-state index contributed by atoms with van der Waals surface area (Å²) in [7, 11) is 1.37. The predicted octanol–water partition coefficient (Wildman–Crippen LogP) is 7.99. The van der Waals surface area contributed by atoms with Crippen LogP contribution in [0.1, 0.15) is 153 Å². The highest BCUT2D eigenvalue weighted by molar-refractivity contribution is 5.86. The highest BCUT2D eigenvalue weighted by Crippen LogP contribution is 2.43. The van der Waals surface area contributed by atoms with E-state index in [1.807, 2.05) is 6.07 Å². The van der Waals surface area contributed by atoms with Gasteiger partial charge in [-0.1, -0.05) is 110 Å². The van der Waals surface area contributed by atoms with Crippen LogP contribution in [0.3, 0.4) is 0 Å². The standard InChI is InChI=1S/C38H60N2O6/c1-3-4-5-6-7-8-9-10-11-12-13-14-15-16-17-18-19-32(38(43)44-2)39-37(42)21-20-30-27-40-23-22-29-24-35-36(46-28-45-35)25-31(29)33(40)26-34(30)41/h24-25,30,32-33H,3-23,26-28H2,1-2H3,(H,39,42)/t30-,32?,33-/m0/s1. The van der Waals surface area contributed by atoms with E-state index in [1.165, 1.54) is 96.1 Å². The number of benzene rings is 1. The Hall–Kier alpha value is -2.61. The van der Waals surface area contributed by atoms with Crippen LogP contribution < -0.4 is 14.8 Å². The average Bonchev–Trinajstić information content (AvgIpc) is 3.53. The zero-order valence-corrected chi connectivity index (χ0v) is 28.8. The fourth-order valence-electron chi connectivity index (χ4n) is 7.45. The van der Waals surface area contributed by atoms with Crippen LogP contribution in [0.2, 0.25) is 0 Å². The third-order valence-electron chi connectivity index (χ3n) is 10.3. The van der Waals surface area contributed by atoms with Crippen molar-refractivity contribution in [2.24, 2.45) is 5.92 Å². The van der Waals surface area contributed by atoms with Crippen LogP contribution in [0, 0.1) is 5.92 Å². The normalized spacial score (nSPS) is 19.4. The van der Waals surface area contributed by atoms with Gasteiger partial charge in [0.1, 0.15) is 11.8 Å². The number of nitrogens with one attached hydrogen (secondary N) is 1. The lowest BCUT2D eigenvalue weighted by atomic mass is 9.81. The number of carbonyl (C=O) groups excluding carboxylic acids is 3. The minimum Gasteiger partial charge on any atom is -0.467 e. The number of amides is 1. The summed E-state index contributed by atoms with van der Waals surface area (Å²) in [6.07, 6.45) is 23.4. The zero-order valence-electron chi connectivity index (χ0n) is 28.8. The maximum absolute atomic E-state index is 13.2. The van der Waals surface area contributed by atoms with E-state index in [4.69, 9.17) is 14.2 Å². The lowest BCUT2D eigenvalue weighted by Gasteiger charge is -2.43. The molecule has 4 rings (SSSR count). The maximum atomic E-state index is 13.2. The molecular formula is C38H60N2O6. The molecule has 3 heterocycles. The first-order valence-electron chi connectivity index (χ1n) is 18.6. The van der Waals surface area contributed by atoms with Gasteiger partial charge in [-0.2, -0.15) is 0 Å². The highest BCUT2D eigenvalue weighted by Gasteiger charge is 2.39. The van der Waals surface area contributed by atoms with Gasteiger partial charge in [0.15, 0.2) is 11.5 Å². The van der Waals surface area contributed by atoms with Crippen molar-refractivity contribution in [2.75, 3.05) is 27.0 Å². The molecule has 0 radical (unpaired) electrons. The molecule has 3 aliphatic rings. The average molecular weight is 641 g/mol. The predicted molar refractivity (Wildman–Crippen MR) is 181 cm³/mol. The van der Waals surface area contributed by atoms with Crippen LogP contribution in [-0.4, -0.2) is 55.6 Å². The van der Waals surface area contributed by atoms with Gasteiger partial charge in [0, 0.05) is 37.9 Å². The van der Waals surface area contributed by atoms with Gasteiger partial charge in [0.05, 0.1) is 7.11 Å². The minimum absolute atomic E-state index is 0.0549. The number of esters is 1. The molecule has 8 nitrogen and oxygen atoms in total. The third kappa shape index (κ3) is 11.3. The van der Waals surface area contributed by atoms with Crippen LogP contribution in [0.5, 0.6) is 11.5 Å². The molecule has 46 heavy (non-hydrogen) atoms. The van der Waals surface area contributed by atoms with Crippen molar-refractivity contribution >= 4 is 17.7 Å². The smallest absolute Gasteiger partial charge is 0.328 e. The Kier molecular flexibility index (Phi) is 15.7. The van der Waals surface area contributed by atoms with Gasteiger partial charge in [0.2, 0.25) is 12.7 Å². The number of hydrogen-bond acceptors (Lipinski definition) is 7. The summed E-state index contributed by atoms with van der Waals surface area (Å²) in [6, 6.07) is 3.54. The molecule has 1 amide bonds. The summed E-state index contributed by atoms with van der Waals surface area (Å²) in [6.45, 7) is 4.06. The SMILES string of the molecule is CCCCCCCCCCCCCCCCCCC(NC(=O)CC[C@H]1CN2CCc3cc4c(cc3[C@@H]2CC1=O)OCO4)C(=O)OC. The van der Waals surface area contributed by atoms with Gasteiger partial charge in [-0.05, 0) is 42.5 Å². The molecule has 8 heteroatoms. The minimum atomic E-state index is -0.623. The molecule has 0 spiro atoms. The van der Waals surface area contributed by atoms with Crippen molar-refractivity contribution in [3.8, 4) is 11.5 Å². The largest absolute Gasteiger partial charge is 0.467 e. The van der Waals surface area contributed by atoms with Gasteiger partial charge >= 0.3 is 5.97 Å². The second-order valence-electron chi connectivity index (χ2n) is 13.8. The molecule has 0 saturated carbocycles. The first-order chi connectivity index (χ1) is 22.5. The Balaban J connectivity index is 1.06. The van der Waals surface area contributed by atoms with Crippen LogP contribution in [0.15, 0.2) is 12.1 Å². The summed E-state index contributed by atoms with van der Waals surface area (Å²) in [5.41, 5.74) is 2.39. The number of carbonyl (C=O) groups is 3. The molecule has 1 fully saturated rings. The van der Waals surface area contributed by atoms with Crippen molar-refractivity contribution in [2.45, 2.75) is 154 Å². The molecule has 0 aromatic heterocycles. The lowest BCUT2D eigenvalue weighted by molar-refractivity contribution is -0.145. The van der Waals surface area contributed by atoms with Gasteiger partial charge in [-0.3, -0.25) is 14.5 Å². The Labute approximate surface area is 277 Å². The van der Waals surface area contributed by atoms with E-state index < -0.39 is 12.0 Å². The molecule has 1 unspecified atom stereocenters. The van der Waals surface area contributed by atoms with Crippen molar-refractivity contribution in [3.63, 3.8) is 0 Å². The van der Waals surface area contributed by atoms with Gasteiger partial charge < -0.3 is 19.5 Å². The van der Waals surface area contributed by atoms with Crippen molar-refractivity contribution in [3.05, 3.63) is 23.3 Å². The van der Waals surface area contributed by atoms with Gasteiger partial charge in [-0.25, -0.2) is 4.79 Å². The summed E-state index contributed by atoms with van der Waals surface area (Å²) in [5, 5.41) is 2.90. The van der Waals surface area contributed by atoms with E-state index in [0.717, 1.165) is 49.3 Å². The van der Waals surface area contributed by atoms with Crippen molar-refractivity contribution < 1.29 is 28.6 Å². The topological polar surface area (TPSA) is 94.2 Å². The maximum Gasteiger partial charge on any atom is 0.328 e. The lowest BCUT2D eigenvalue weighted by Crippen LogP contribution is -2.47. The summed E-state index contributed by atoms with van der Waals surface area (Å²) >= 11 is 0. The van der Waals surface area contributed by atoms with E-state index in [-0.39, 0.29) is 36.9 Å². The number of unbranched alkanes of at least 4 members (excludes halogenated alkanes) is 15.